The molecule has 0 saturated carbocycles. The van der Waals surface area contributed by atoms with E-state index in [9.17, 15) is 10.1 Å². The molecule has 18 heavy (non-hydrogen) atoms. The van der Waals surface area contributed by atoms with Crippen molar-refractivity contribution in [3.05, 3.63) is 38.3 Å². The molecule has 5 nitrogen and oxygen atoms in total. The molecule has 0 amide bonds. The lowest BCUT2D eigenvalue weighted by atomic mass is 10.1. The van der Waals surface area contributed by atoms with Gasteiger partial charge in [0, 0.05) is 16.6 Å². The molecule has 2 rings (SSSR count). The Morgan fingerprint density at radius 1 is 1.44 bits per heavy atom. The summed E-state index contributed by atoms with van der Waals surface area (Å²) in [5.41, 5.74) is 1.03. The Balaban J connectivity index is 1.94. The minimum absolute atomic E-state index is 0.0903. The van der Waals surface area contributed by atoms with E-state index >= 15 is 0 Å². The zero-order valence-corrected chi connectivity index (χ0v) is 11.5. The molecule has 0 atom stereocenters. The molecule has 1 aliphatic heterocycles. The van der Waals surface area contributed by atoms with E-state index in [-0.39, 0.29) is 11.8 Å². The monoisotopic (exact) mass is 314 g/mol. The lowest BCUT2D eigenvalue weighted by Crippen LogP contribution is -2.32. The third-order valence-corrected chi connectivity index (χ3v) is 3.75. The fourth-order valence-electron chi connectivity index (χ4n) is 1.94. The van der Waals surface area contributed by atoms with Crippen LogP contribution < -0.4 is 5.32 Å². The molecule has 1 N–H and O–H groups in total. The van der Waals surface area contributed by atoms with Gasteiger partial charge in [-0.15, -0.1) is 0 Å². The lowest BCUT2D eigenvalue weighted by Gasteiger charge is -2.23. The summed E-state index contributed by atoms with van der Waals surface area (Å²) in [7, 11) is 0. The Hall–Kier alpha value is -0.980. The maximum absolute atomic E-state index is 10.6. The third-order valence-electron chi connectivity index (χ3n) is 3.01. The maximum Gasteiger partial charge on any atom is 0.270 e. The average molecular weight is 315 g/mol. The Bertz CT molecular complexity index is 433. The molecule has 1 aromatic carbocycles. The van der Waals surface area contributed by atoms with Crippen molar-refractivity contribution >= 4 is 21.6 Å². The van der Waals surface area contributed by atoms with E-state index in [0.717, 1.165) is 36.0 Å². The maximum atomic E-state index is 10.6. The van der Waals surface area contributed by atoms with Gasteiger partial charge in [-0.2, -0.15) is 0 Å². The molecule has 1 aromatic rings. The first-order valence-corrected chi connectivity index (χ1v) is 6.71. The summed E-state index contributed by atoms with van der Waals surface area (Å²) in [6, 6.07) is 4.76. The largest absolute Gasteiger partial charge is 0.373 e. The molecule has 0 unspecified atom stereocenters. The van der Waals surface area contributed by atoms with Gasteiger partial charge in [-0.1, -0.05) is 15.9 Å². The first-order valence-electron chi connectivity index (χ1n) is 5.92. The van der Waals surface area contributed by atoms with Crippen LogP contribution in [-0.4, -0.2) is 24.1 Å². The van der Waals surface area contributed by atoms with Crippen LogP contribution in [0.2, 0.25) is 0 Å². The van der Waals surface area contributed by atoms with Crippen molar-refractivity contribution in [1.82, 2.24) is 5.32 Å². The van der Waals surface area contributed by atoms with Gasteiger partial charge < -0.3 is 10.1 Å². The van der Waals surface area contributed by atoms with Gasteiger partial charge >= 0.3 is 0 Å². The standard InChI is InChI=1S/C12H15BrN2O3/c13-12-7-10(15(16)17)2-1-9(12)8-18-11-3-5-14-6-4-11/h1-2,7,11,14H,3-6,8H2. The number of nitrogens with zero attached hydrogens (tertiary/aromatic N) is 1. The van der Waals surface area contributed by atoms with Gasteiger partial charge in [0.05, 0.1) is 17.6 Å². The van der Waals surface area contributed by atoms with Crippen LogP contribution in [0.5, 0.6) is 0 Å². The summed E-state index contributed by atoms with van der Waals surface area (Å²) in [5.74, 6) is 0. The van der Waals surface area contributed by atoms with E-state index in [1.54, 1.807) is 6.07 Å². The number of benzene rings is 1. The molecular weight excluding hydrogens is 300 g/mol. The Kier molecular flexibility index (Phi) is 4.68. The Morgan fingerprint density at radius 3 is 2.78 bits per heavy atom. The highest BCUT2D eigenvalue weighted by molar-refractivity contribution is 9.10. The summed E-state index contributed by atoms with van der Waals surface area (Å²) in [4.78, 5) is 10.2. The number of rotatable bonds is 4. The van der Waals surface area contributed by atoms with Crippen LogP contribution in [-0.2, 0) is 11.3 Å². The number of nitro groups is 1. The van der Waals surface area contributed by atoms with Crippen molar-refractivity contribution in [3.8, 4) is 0 Å². The van der Waals surface area contributed by atoms with Crippen LogP contribution >= 0.6 is 15.9 Å². The molecule has 1 fully saturated rings. The van der Waals surface area contributed by atoms with E-state index in [1.165, 1.54) is 12.1 Å². The second kappa shape index (κ2) is 6.26. The van der Waals surface area contributed by atoms with Crippen molar-refractivity contribution in [2.45, 2.75) is 25.6 Å². The second-order valence-corrected chi connectivity index (χ2v) is 5.15. The average Bonchev–Trinajstić information content (AvgIpc) is 2.38. The smallest absolute Gasteiger partial charge is 0.270 e. The lowest BCUT2D eigenvalue weighted by molar-refractivity contribution is -0.384. The van der Waals surface area contributed by atoms with Gasteiger partial charge in [0.1, 0.15) is 0 Å². The molecular formula is C12H15BrN2O3. The van der Waals surface area contributed by atoms with E-state index in [0.29, 0.717) is 6.61 Å². The van der Waals surface area contributed by atoms with E-state index < -0.39 is 4.92 Å². The number of non-ortho nitro benzene ring substituents is 1. The summed E-state index contributed by atoms with van der Waals surface area (Å²) >= 11 is 3.34. The van der Waals surface area contributed by atoms with Gasteiger partial charge in [-0.25, -0.2) is 0 Å². The summed E-state index contributed by atoms with van der Waals surface area (Å²) in [5, 5.41) is 13.9. The molecule has 1 saturated heterocycles. The number of ether oxygens (including phenoxy) is 1. The summed E-state index contributed by atoms with van der Waals surface area (Å²) in [6.07, 6.45) is 2.32. The first-order chi connectivity index (χ1) is 8.66. The van der Waals surface area contributed by atoms with Crippen LogP contribution in [0.4, 0.5) is 5.69 Å². The minimum atomic E-state index is -0.401. The molecule has 0 spiro atoms. The normalized spacial score (nSPS) is 16.7. The number of halogens is 1. The molecule has 0 bridgehead atoms. The third kappa shape index (κ3) is 3.51. The van der Waals surface area contributed by atoms with Crippen LogP contribution in [0, 0.1) is 10.1 Å². The van der Waals surface area contributed by atoms with Crippen molar-refractivity contribution in [2.24, 2.45) is 0 Å². The second-order valence-electron chi connectivity index (χ2n) is 4.29. The number of hydrogen-bond acceptors (Lipinski definition) is 4. The van der Waals surface area contributed by atoms with Crippen molar-refractivity contribution in [1.29, 1.82) is 0 Å². The fourth-order valence-corrected chi connectivity index (χ4v) is 2.42. The van der Waals surface area contributed by atoms with Crippen LogP contribution in [0.25, 0.3) is 0 Å². The van der Waals surface area contributed by atoms with E-state index in [1.807, 2.05) is 0 Å². The van der Waals surface area contributed by atoms with Crippen molar-refractivity contribution in [2.75, 3.05) is 13.1 Å². The fraction of sp³-hybridized carbons (Fsp3) is 0.500. The van der Waals surface area contributed by atoms with Gasteiger partial charge in [0.2, 0.25) is 0 Å². The Morgan fingerprint density at radius 2 is 2.17 bits per heavy atom. The molecule has 0 radical (unpaired) electrons. The van der Waals surface area contributed by atoms with E-state index in [2.05, 4.69) is 21.2 Å². The molecule has 1 aliphatic rings. The van der Waals surface area contributed by atoms with E-state index in [4.69, 9.17) is 4.74 Å². The zero-order chi connectivity index (χ0) is 13.0. The molecule has 0 aliphatic carbocycles. The predicted molar refractivity (Wildman–Crippen MR) is 71.5 cm³/mol. The topological polar surface area (TPSA) is 64.4 Å². The summed E-state index contributed by atoms with van der Waals surface area (Å²) < 4.78 is 6.54. The highest BCUT2D eigenvalue weighted by Crippen LogP contribution is 2.24. The Labute approximate surface area is 114 Å². The molecule has 6 heteroatoms. The number of hydrogen-bond donors (Lipinski definition) is 1. The SMILES string of the molecule is O=[N+]([O-])c1ccc(COC2CCNCC2)c(Br)c1. The zero-order valence-electron chi connectivity index (χ0n) is 9.89. The highest BCUT2D eigenvalue weighted by Gasteiger charge is 2.15. The number of nitro benzene ring substituents is 1. The highest BCUT2D eigenvalue weighted by atomic mass is 79.9. The van der Waals surface area contributed by atoms with Crippen molar-refractivity contribution < 1.29 is 9.66 Å². The van der Waals surface area contributed by atoms with Gasteiger partial charge in [-0.05, 0) is 37.6 Å². The molecule has 0 aromatic heterocycles. The predicted octanol–water partition coefficient (Wildman–Crippen LogP) is 2.63. The van der Waals surface area contributed by atoms with Gasteiger partial charge in [0.25, 0.3) is 5.69 Å². The van der Waals surface area contributed by atoms with Crippen LogP contribution in [0.15, 0.2) is 22.7 Å². The molecule has 1 heterocycles. The minimum Gasteiger partial charge on any atom is -0.373 e. The van der Waals surface area contributed by atoms with Crippen molar-refractivity contribution in [3.63, 3.8) is 0 Å². The van der Waals surface area contributed by atoms with Gasteiger partial charge in [0.15, 0.2) is 0 Å². The van der Waals surface area contributed by atoms with Crippen LogP contribution in [0.3, 0.4) is 0 Å². The number of nitrogens with one attached hydrogen (secondary N) is 1. The molecule has 98 valence electrons. The van der Waals surface area contributed by atoms with Gasteiger partial charge in [-0.3, -0.25) is 10.1 Å². The summed E-state index contributed by atoms with van der Waals surface area (Å²) in [6.45, 7) is 2.47. The first kappa shape index (κ1) is 13.5. The van der Waals surface area contributed by atoms with Crippen LogP contribution in [0.1, 0.15) is 18.4 Å². The quantitative estimate of drug-likeness (QED) is 0.685. The number of piperidine rings is 1.